The molecule has 0 unspecified atom stereocenters. The second kappa shape index (κ2) is 7.68. The summed E-state index contributed by atoms with van der Waals surface area (Å²) in [6.45, 7) is 4.73. The van der Waals surface area contributed by atoms with Crippen molar-refractivity contribution in [3.8, 4) is 11.5 Å². The maximum absolute atomic E-state index is 12.0. The molecule has 1 heterocycles. The van der Waals surface area contributed by atoms with Crippen molar-refractivity contribution in [1.82, 2.24) is 0 Å². The Morgan fingerprint density at radius 1 is 1.09 bits per heavy atom. The summed E-state index contributed by atoms with van der Waals surface area (Å²) in [5, 5.41) is 0. The minimum Gasteiger partial charge on any atom is -0.486 e. The van der Waals surface area contributed by atoms with Crippen molar-refractivity contribution in [2.45, 2.75) is 20.3 Å². The molecule has 6 nitrogen and oxygen atoms in total. The summed E-state index contributed by atoms with van der Waals surface area (Å²) in [5.74, 6) is -0.981. The van der Waals surface area contributed by atoms with E-state index in [1.165, 1.54) is 0 Å². The Kier molecular flexibility index (Phi) is 5.63. The van der Waals surface area contributed by atoms with Gasteiger partial charge in [0.1, 0.15) is 13.2 Å². The van der Waals surface area contributed by atoms with Gasteiger partial charge in [-0.2, -0.15) is 0 Å². The Morgan fingerprint density at radius 2 is 1.73 bits per heavy atom. The van der Waals surface area contributed by atoms with Crippen LogP contribution in [0.5, 0.6) is 11.5 Å². The highest BCUT2D eigenvalue weighted by Crippen LogP contribution is 2.35. The number of carbonyl (C=O) groups is 2. The van der Waals surface area contributed by atoms with Gasteiger partial charge in [-0.05, 0) is 25.5 Å². The van der Waals surface area contributed by atoms with Crippen molar-refractivity contribution in [2.24, 2.45) is 5.92 Å². The molecule has 0 radical (unpaired) electrons. The number of hydrogen-bond donors (Lipinski definition) is 0. The third-order valence-electron chi connectivity index (χ3n) is 3.21. The smallest absolute Gasteiger partial charge is 0.320 e. The summed E-state index contributed by atoms with van der Waals surface area (Å²) in [6, 6.07) is 5.40. The predicted octanol–water partition coefficient (Wildman–Crippen LogP) is 1.74. The van der Waals surface area contributed by atoms with E-state index in [-0.39, 0.29) is 19.6 Å². The first kappa shape index (κ1) is 16.1. The molecule has 0 aromatic heterocycles. The molecule has 0 amide bonds. The Balaban J connectivity index is 2.23. The van der Waals surface area contributed by atoms with Gasteiger partial charge in [-0.15, -0.1) is 0 Å². The van der Waals surface area contributed by atoms with Crippen LogP contribution in [-0.2, 0) is 25.5 Å². The first-order valence-corrected chi connectivity index (χ1v) is 7.38. The van der Waals surface area contributed by atoms with Gasteiger partial charge in [0.2, 0.25) is 0 Å². The maximum Gasteiger partial charge on any atom is 0.320 e. The van der Waals surface area contributed by atoms with E-state index in [1.54, 1.807) is 32.0 Å². The van der Waals surface area contributed by atoms with Crippen LogP contribution in [0.1, 0.15) is 19.4 Å². The van der Waals surface area contributed by atoms with E-state index in [1.807, 2.05) is 0 Å². The molecule has 120 valence electrons. The van der Waals surface area contributed by atoms with Crippen molar-refractivity contribution < 1.29 is 28.5 Å². The van der Waals surface area contributed by atoms with Gasteiger partial charge in [0, 0.05) is 6.42 Å². The van der Waals surface area contributed by atoms with E-state index in [2.05, 4.69) is 0 Å². The van der Waals surface area contributed by atoms with E-state index in [0.717, 1.165) is 5.56 Å². The summed E-state index contributed by atoms with van der Waals surface area (Å²) in [5.41, 5.74) is 0.725. The van der Waals surface area contributed by atoms with Gasteiger partial charge >= 0.3 is 11.9 Å². The second-order valence-corrected chi connectivity index (χ2v) is 4.70. The van der Waals surface area contributed by atoms with Crippen LogP contribution in [0.15, 0.2) is 18.2 Å². The molecule has 2 rings (SSSR count). The van der Waals surface area contributed by atoms with Gasteiger partial charge in [-0.1, -0.05) is 12.1 Å². The van der Waals surface area contributed by atoms with Gasteiger partial charge in [-0.3, -0.25) is 9.59 Å². The predicted molar refractivity (Wildman–Crippen MR) is 77.9 cm³/mol. The molecule has 1 aliphatic heterocycles. The maximum atomic E-state index is 12.0. The van der Waals surface area contributed by atoms with Gasteiger partial charge in [0.15, 0.2) is 17.4 Å². The largest absolute Gasteiger partial charge is 0.486 e. The second-order valence-electron chi connectivity index (χ2n) is 4.70. The van der Waals surface area contributed by atoms with Crippen LogP contribution < -0.4 is 9.47 Å². The highest BCUT2D eigenvalue weighted by atomic mass is 16.6. The van der Waals surface area contributed by atoms with Crippen molar-refractivity contribution in [3.63, 3.8) is 0 Å². The Labute approximate surface area is 129 Å². The van der Waals surface area contributed by atoms with E-state index < -0.39 is 17.9 Å². The van der Waals surface area contributed by atoms with Gasteiger partial charge in [0.25, 0.3) is 0 Å². The fourth-order valence-electron chi connectivity index (χ4n) is 2.26. The third-order valence-corrected chi connectivity index (χ3v) is 3.21. The average molecular weight is 308 g/mol. The lowest BCUT2D eigenvalue weighted by Gasteiger charge is -2.22. The number of esters is 2. The molecule has 0 N–H and O–H groups in total. The molecular formula is C16H20O6. The molecular weight excluding hydrogens is 288 g/mol. The van der Waals surface area contributed by atoms with Crippen LogP contribution >= 0.6 is 0 Å². The fraction of sp³-hybridized carbons (Fsp3) is 0.500. The molecule has 0 atom stereocenters. The monoisotopic (exact) mass is 308 g/mol. The average Bonchev–Trinajstić information content (AvgIpc) is 2.53. The number of para-hydroxylation sites is 1. The molecule has 1 aromatic carbocycles. The number of carbonyl (C=O) groups excluding carboxylic acids is 2. The number of hydrogen-bond acceptors (Lipinski definition) is 6. The van der Waals surface area contributed by atoms with Crippen molar-refractivity contribution >= 4 is 11.9 Å². The van der Waals surface area contributed by atoms with Crippen LogP contribution in [0.3, 0.4) is 0 Å². The Hall–Kier alpha value is -2.24. The molecule has 0 bridgehead atoms. The minimum absolute atomic E-state index is 0.157. The summed E-state index contributed by atoms with van der Waals surface area (Å²) in [7, 11) is 0. The van der Waals surface area contributed by atoms with Crippen LogP contribution in [0, 0.1) is 5.92 Å². The quantitative estimate of drug-likeness (QED) is 0.589. The molecule has 0 aliphatic carbocycles. The van der Waals surface area contributed by atoms with E-state index in [0.29, 0.717) is 24.7 Å². The minimum atomic E-state index is -1.00. The van der Waals surface area contributed by atoms with Crippen LogP contribution in [0.25, 0.3) is 0 Å². The van der Waals surface area contributed by atoms with Gasteiger partial charge in [-0.25, -0.2) is 0 Å². The number of fused-ring (bicyclic) bond motifs is 1. The Bertz CT molecular complexity index is 521. The van der Waals surface area contributed by atoms with E-state index in [4.69, 9.17) is 18.9 Å². The lowest BCUT2D eigenvalue weighted by Crippen LogP contribution is -2.30. The number of benzene rings is 1. The third kappa shape index (κ3) is 3.69. The standard InChI is InChI=1S/C16H20O6/c1-3-19-15(17)12(16(18)20-4-2)10-11-6-5-7-13-14(11)22-9-8-21-13/h5-7,12H,3-4,8-10H2,1-2H3. The fourth-order valence-corrected chi connectivity index (χ4v) is 2.26. The van der Waals surface area contributed by atoms with Crippen molar-refractivity contribution in [3.05, 3.63) is 23.8 Å². The normalized spacial score (nSPS) is 12.9. The van der Waals surface area contributed by atoms with Crippen LogP contribution in [-0.4, -0.2) is 38.4 Å². The molecule has 0 spiro atoms. The first-order valence-electron chi connectivity index (χ1n) is 7.38. The van der Waals surface area contributed by atoms with Gasteiger partial charge in [0.05, 0.1) is 13.2 Å². The van der Waals surface area contributed by atoms with Crippen molar-refractivity contribution in [2.75, 3.05) is 26.4 Å². The molecule has 0 fully saturated rings. The van der Waals surface area contributed by atoms with E-state index in [9.17, 15) is 9.59 Å². The molecule has 6 heteroatoms. The Morgan fingerprint density at radius 3 is 2.36 bits per heavy atom. The lowest BCUT2D eigenvalue weighted by molar-refractivity contribution is -0.161. The molecule has 0 saturated carbocycles. The van der Waals surface area contributed by atoms with E-state index >= 15 is 0 Å². The number of rotatable bonds is 6. The molecule has 1 aliphatic rings. The lowest BCUT2D eigenvalue weighted by atomic mass is 9.98. The topological polar surface area (TPSA) is 71.1 Å². The molecule has 22 heavy (non-hydrogen) atoms. The first-order chi connectivity index (χ1) is 10.7. The zero-order valence-electron chi connectivity index (χ0n) is 12.8. The summed E-state index contributed by atoms with van der Waals surface area (Å²) in [4.78, 5) is 24.1. The highest BCUT2D eigenvalue weighted by Gasteiger charge is 2.31. The summed E-state index contributed by atoms with van der Waals surface area (Å²) >= 11 is 0. The summed E-state index contributed by atoms with van der Waals surface area (Å²) in [6.07, 6.45) is 0.157. The van der Waals surface area contributed by atoms with Crippen LogP contribution in [0.2, 0.25) is 0 Å². The highest BCUT2D eigenvalue weighted by molar-refractivity contribution is 5.95. The number of ether oxygens (including phenoxy) is 4. The SMILES string of the molecule is CCOC(=O)C(Cc1cccc2c1OCCO2)C(=O)OCC. The molecule has 0 saturated heterocycles. The van der Waals surface area contributed by atoms with Crippen LogP contribution in [0.4, 0.5) is 0 Å². The van der Waals surface area contributed by atoms with Gasteiger partial charge < -0.3 is 18.9 Å². The van der Waals surface area contributed by atoms with Crippen molar-refractivity contribution in [1.29, 1.82) is 0 Å². The zero-order valence-corrected chi connectivity index (χ0v) is 12.8. The molecule has 1 aromatic rings. The summed E-state index contributed by atoms with van der Waals surface area (Å²) < 4.78 is 21.1. The zero-order chi connectivity index (χ0) is 15.9.